The van der Waals surface area contributed by atoms with Crippen molar-refractivity contribution >= 4 is 17.6 Å². The average molecular weight is 383 g/mol. The Morgan fingerprint density at radius 3 is 2.58 bits per heavy atom. The Labute approximate surface area is 150 Å². The van der Waals surface area contributed by atoms with Crippen molar-refractivity contribution in [1.29, 1.82) is 0 Å². The molecule has 0 N–H and O–H groups in total. The lowest BCUT2D eigenvalue weighted by Gasteiger charge is -2.06. The summed E-state index contributed by atoms with van der Waals surface area (Å²) in [4.78, 5) is 15.7. The molecular weight excluding hydrogens is 373 g/mol. The highest BCUT2D eigenvalue weighted by Gasteiger charge is 2.30. The molecule has 2 aromatic heterocycles. The number of ether oxygens (including phenoxy) is 1. The Bertz CT molecular complexity index is 924. The molecule has 3 rings (SSSR count). The van der Waals surface area contributed by atoms with Crippen LogP contribution in [0, 0.1) is 0 Å². The van der Waals surface area contributed by atoms with Gasteiger partial charge in [0.25, 0.3) is 0 Å². The molecule has 0 bridgehead atoms. The quantitative estimate of drug-likeness (QED) is 0.480. The average Bonchev–Trinajstić information content (AvgIpc) is 3.08. The number of hydrogen-bond acceptors (Lipinski definition) is 5. The second-order valence-electron chi connectivity index (χ2n) is 5.17. The first-order chi connectivity index (χ1) is 12.3. The molecule has 0 aliphatic rings. The summed E-state index contributed by atoms with van der Waals surface area (Å²) in [5.74, 6) is -0.455. The van der Waals surface area contributed by atoms with Gasteiger partial charge in [-0.2, -0.15) is 13.2 Å². The van der Waals surface area contributed by atoms with Crippen LogP contribution in [0.4, 0.5) is 13.2 Å². The third-order valence-corrected chi connectivity index (χ3v) is 3.69. The Balaban J connectivity index is 1.67. The highest BCUT2D eigenvalue weighted by molar-refractivity contribution is 6.32. The van der Waals surface area contributed by atoms with Crippen LogP contribution >= 0.6 is 11.6 Å². The van der Waals surface area contributed by atoms with E-state index in [2.05, 4.69) is 10.1 Å². The van der Waals surface area contributed by atoms with Gasteiger partial charge in [0.1, 0.15) is 10.8 Å². The highest BCUT2D eigenvalue weighted by Crippen LogP contribution is 2.30. The van der Waals surface area contributed by atoms with Crippen molar-refractivity contribution in [2.45, 2.75) is 12.8 Å². The van der Waals surface area contributed by atoms with E-state index in [0.717, 1.165) is 12.1 Å². The van der Waals surface area contributed by atoms with E-state index in [0.29, 0.717) is 11.3 Å². The number of carbonyl (C=O) groups is 1. The fourth-order valence-corrected chi connectivity index (χ4v) is 2.30. The van der Waals surface area contributed by atoms with Crippen LogP contribution in [0.5, 0.6) is 0 Å². The van der Waals surface area contributed by atoms with Crippen LogP contribution in [0.1, 0.15) is 21.7 Å². The normalized spacial score (nSPS) is 11.4. The number of pyridine rings is 1. The fraction of sp³-hybridized carbons (Fsp3) is 0.118. The molecule has 0 radical (unpaired) electrons. The summed E-state index contributed by atoms with van der Waals surface area (Å²) < 4.78 is 47.8. The van der Waals surface area contributed by atoms with E-state index in [9.17, 15) is 18.0 Å². The number of benzene rings is 1. The maximum atomic E-state index is 12.6. The van der Waals surface area contributed by atoms with Gasteiger partial charge in [-0.3, -0.25) is 0 Å². The zero-order valence-electron chi connectivity index (χ0n) is 13.0. The number of aromatic nitrogens is 2. The van der Waals surface area contributed by atoms with Crippen LogP contribution in [0.2, 0.25) is 5.15 Å². The molecular formula is C17H10ClF3N2O3. The van der Waals surface area contributed by atoms with E-state index in [1.165, 1.54) is 30.5 Å². The van der Waals surface area contributed by atoms with Crippen LogP contribution in [-0.4, -0.2) is 16.1 Å². The summed E-state index contributed by atoms with van der Waals surface area (Å²) in [6, 6.07) is 8.95. The Hall–Kier alpha value is -2.87. The molecule has 5 nitrogen and oxygen atoms in total. The lowest BCUT2D eigenvalue weighted by atomic mass is 10.1. The van der Waals surface area contributed by atoms with Crippen LogP contribution in [-0.2, 0) is 17.5 Å². The topological polar surface area (TPSA) is 65.2 Å². The van der Waals surface area contributed by atoms with E-state index in [1.54, 1.807) is 6.07 Å². The summed E-state index contributed by atoms with van der Waals surface area (Å²) in [5.41, 5.74) is 0.114. The van der Waals surface area contributed by atoms with E-state index in [1.807, 2.05) is 0 Å². The molecule has 0 saturated carbocycles. The van der Waals surface area contributed by atoms with Gasteiger partial charge in [-0.05, 0) is 24.3 Å². The van der Waals surface area contributed by atoms with Crippen LogP contribution in [0.15, 0.2) is 53.2 Å². The number of alkyl halides is 3. The molecule has 9 heteroatoms. The first-order valence-corrected chi connectivity index (χ1v) is 7.63. The number of esters is 1. The monoisotopic (exact) mass is 382 g/mol. The zero-order valence-corrected chi connectivity index (χ0v) is 13.7. The minimum Gasteiger partial charge on any atom is -0.454 e. The van der Waals surface area contributed by atoms with E-state index >= 15 is 0 Å². The third-order valence-electron chi connectivity index (χ3n) is 3.39. The lowest BCUT2D eigenvalue weighted by molar-refractivity contribution is -0.137. The summed E-state index contributed by atoms with van der Waals surface area (Å²) in [7, 11) is 0. The summed E-state index contributed by atoms with van der Waals surface area (Å²) in [6.07, 6.45) is -2.97. The highest BCUT2D eigenvalue weighted by atomic mass is 35.5. The van der Waals surface area contributed by atoms with Gasteiger partial charge in [-0.1, -0.05) is 28.9 Å². The molecule has 0 aliphatic carbocycles. The number of halogens is 4. The summed E-state index contributed by atoms with van der Waals surface area (Å²) in [5, 5.41) is 3.77. The summed E-state index contributed by atoms with van der Waals surface area (Å²) in [6.45, 7) is -0.211. The second kappa shape index (κ2) is 7.17. The smallest absolute Gasteiger partial charge is 0.416 e. The fourth-order valence-electron chi connectivity index (χ4n) is 2.10. The van der Waals surface area contributed by atoms with Crippen molar-refractivity contribution in [3.63, 3.8) is 0 Å². The molecule has 2 heterocycles. The molecule has 0 amide bonds. The number of carbonyl (C=O) groups excluding carboxylic acids is 1. The zero-order chi connectivity index (χ0) is 18.7. The largest absolute Gasteiger partial charge is 0.454 e. The third kappa shape index (κ3) is 4.02. The Kier molecular flexibility index (Phi) is 4.94. The van der Waals surface area contributed by atoms with Crippen LogP contribution in [0.3, 0.4) is 0 Å². The van der Waals surface area contributed by atoms with Gasteiger partial charge in [-0.25, -0.2) is 9.78 Å². The van der Waals surface area contributed by atoms with Crippen molar-refractivity contribution in [1.82, 2.24) is 10.1 Å². The van der Waals surface area contributed by atoms with Gasteiger partial charge in [-0.15, -0.1) is 0 Å². The minimum absolute atomic E-state index is 0.0144. The van der Waals surface area contributed by atoms with Gasteiger partial charge in [0, 0.05) is 17.8 Å². The van der Waals surface area contributed by atoms with Crippen molar-refractivity contribution in [3.05, 3.63) is 70.7 Å². The van der Waals surface area contributed by atoms with Crippen molar-refractivity contribution in [2.24, 2.45) is 0 Å². The van der Waals surface area contributed by atoms with Gasteiger partial charge >= 0.3 is 12.1 Å². The second-order valence-corrected chi connectivity index (χ2v) is 5.53. The van der Waals surface area contributed by atoms with Gasteiger partial charge in [0.15, 0.2) is 12.4 Å². The SMILES string of the molecule is O=C(OCc1cc(-c2ccc(C(F)(F)F)cc2)no1)c1cccnc1Cl. The van der Waals surface area contributed by atoms with Crippen molar-refractivity contribution in [2.75, 3.05) is 0 Å². The Morgan fingerprint density at radius 2 is 1.92 bits per heavy atom. The molecule has 0 atom stereocenters. The van der Waals surface area contributed by atoms with E-state index in [-0.39, 0.29) is 23.1 Å². The molecule has 0 spiro atoms. The molecule has 0 fully saturated rings. The number of hydrogen-bond donors (Lipinski definition) is 0. The van der Waals surface area contributed by atoms with Crippen molar-refractivity contribution < 1.29 is 27.2 Å². The lowest BCUT2D eigenvalue weighted by Crippen LogP contribution is -2.06. The number of nitrogens with zero attached hydrogens (tertiary/aromatic N) is 2. The van der Waals surface area contributed by atoms with Crippen LogP contribution in [0.25, 0.3) is 11.3 Å². The molecule has 1 aromatic carbocycles. The first-order valence-electron chi connectivity index (χ1n) is 7.25. The van der Waals surface area contributed by atoms with Crippen molar-refractivity contribution in [3.8, 4) is 11.3 Å². The first kappa shape index (κ1) is 17.9. The predicted molar refractivity (Wildman–Crippen MR) is 85.3 cm³/mol. The minimum atomic E-state index is -4.41. The van der Waals surface area contributed by atoms with Crippen LogP contribution < -0.4 is 0 Å². The van der Waals surface area contributed by atoms with E-state index < -0.39 is 17.7 Å². The standard InChI is InChI=1S/C17H10ClF3N2O3/c18-15-13(2-1-7-22-15)16(24)25-9-12-8-14(23-26-12)10-3-5-11(6-4-10)17(19,20)21/h1-8H,9H2. The number of rotatable bonds is 4. The molecule has 0 aliphatic heterocycles. The predicted octanol–water partition coefficient (Wildman–Crippen LogP) is 4.77. The van der Waals surface area contributed by atoms with E-state index in [4.69, 9.17) is 20.9 Å². The van der Waals surface area contributed by atoms with Gasteiger partial charge in [0.05, 0.1) is 11.1 Å². The Morgan fingerprint density at radius 1 is 1.19 bits per heavy atom. The molecule has 26 heavy (non-hydrogen) atoms. The molecule has 134 valence electrons. The van der Waals surface area contributed by atoms with Gasteiger partial charge in [0.2, 0.25) is 0 Å². The maximum absolute atomic E-state index is 12.6. The molecule has 0 unspecified atom stereocenters. The van der Waals surface area contributed by atoms with Gasteiger partial charge < -0.3 is 9.26 Å². The summed E-state index contributed by atoms with van der Waals surface area (Å²) >= 11 is 5.80. The molecule has 3 aromatic rings. The maximum Gasteiger partial charge on any atom is 0.416 e. The molecule has 0 saturated heterocycles.